The van der Waals surface area contributed by atoms with Gasteiger partial charge in [-0.2, -0.15) is 0 Å². The van der Waals surface area contributed by atoms with E-state index in [2.05, 4.69) is 0 Å². The molecule has 0 heterocycles. The average molecular weight is 349 g/mol. The number of benzene rings is 2. The number of carbonyl (C=O) groups excluding carboxylic acids is 1. The zero-order valence-electron chi connectivity index (χ0n) is 13.3. The molecule has 0 aromatic heterocycles. The van der Waals surface area contributed by atoms with Gasteiger partial charge < -0.3 is 14.7 Å². The Morgan fingerprint density at radius 1 is 1.04 bits per heavy atom. The van der Waals surface area contributed by atoms with Gasteiger partial charge in [-0.05, 0) is 18.2 Å². The second kappa shape index (κ2) is 8.77. The van der Waals surface area contributed by atoms with Crippen molar-refractivity contribution in [3.63, 3.8) is 0 Å². The molecule has 0 fully saturated rings. The van der Waals surface area contributed by atoms with Crippen molar-refractivity contribution < 1.29 is 28.2 Å². The molecule has 7 heteroatoms. The van der Waals surface area contributed by atoms with Crippen molar-refractivity contribution in [2.45, 2.75) is 13.0 Å². The van der Waals surface area contributed by atoms with Gasteiger partial charge in [0.2, 0.25) is 0 Å². The van der Waals surface area contributed by atoms with E-state index in [4.69, 9.17) is 9.84 Å². The summed E-state index contributed by atoms with van der Waals surface area (Å²) in [6.07, 6.45) is -0.311. The van der Waals surface area contributed by atoms with Crippen LogP contribution in [0.2, 0.25) is 0 Å². The molecule has 132 valence electrons. The van der Waals surface area contributed by atoms with Crippen molar-refractivity contribution in [1.29, 1.82) is 0 Å². The van der Waals surface area contributed by atoms with Crippen LogP contribution in [0.3, 0.4) is 0 Å². The molecule has 0 atom stereocenters. The van der Waals surface area contributed by atoms with Crippen LogP contribution in [0, 0.1) is 11.6 Å². The lowest BCUT2D eigenvalue weighted by molar-refractivity contribution is -0.139. The van der Waals surface area contributed by atoms with Crippen LogP contribution in [-0.4, -0.2) is 35.0 Å². The maximum absolute atomic E-state index is 13.8. The number of carbonyl (C=O) groups is 2. The van der Waals surface area contributed by atoms with Gasteiger partial charge in [-0.1, -0.05) is 30.3 Å². The summed E-state index contributed by atoms with van der Waals surface area (Å²) in [5, 5.41) is 8.81. The van der Waals surface area contributed by atoms with Crippen molar-refractivity contribution in [1.82, 2.24) is 4.90 Å². The molecule has 1 N–H and O–H groups in total. The number of hydrogen-bond donors (Lipinski definition) is 1. The first-order chi connectivity index (χ1) is 12.0. The van der Waals surface area contributed by atoms with E-state index in [0.717, 1.165) is 11.0 Å². The Hall–Kier alpha value is -2.96. The number of nitrogens with zero attached hydrogens (tertiary/aromatic N) is 1. The molecule has 0 aliphatic rings. The van der Waals surface area contributed by atoms with E-state index in [1.807, 2.05) is 0 Å². The van der Waals surface area contributed by atoms with E-state index >= 15 is 0 Å². The monoisotopic (exact) mass is 349 g/mol. The second-order valence-corrected chi connectivity index (χ2v) is 5.27. The highest BCUT2D eigenvalue weighted by Crippen LogP contribution is 2.15. The van der Waals surface area contributed by atoms with Crippen molar-refractivity contribution in [2.24, 2.45) is 0 Å². The number of carboxylic acid groups (broad SMARTS) is 1. The van der Waals surface area contributed by atoms with Crippen molar-refractivity contribution in [3.8, 4) is 5.75 Å². The van der Waals surface area contributed by atoms with Crippen molar-refractivity contribution in [3.05, 3.63) is 65.7 Å². The molecule has 25 heavy (non-hydrogen) atoms. The number of rotatable bonds is 8. The maximum Gasteiger partial charge on any atom is 0.305 e. The average Bonchev–Trinajstić information content (AvgIpc) is 2.60. The Labute approximate surface area is 143 Å². The van der Waals surface area contributed by atoms with Gasteiger partial charge in [-0.3, -0.25) is 9.59 Å². The highest BCUT2D eigenvalue weighted by molar-refractivity contribution is 5.78. The summed E-state index contributed by atoms with van der Waals surface area (Å²) < 4.78 is 32.5. The van der Waals surface area contributed by atoms with E-state index in [9.17, 15) is 18.4 Å². The summed E-state index contributed by atoms with van der Waals surface area (Å²) in [5.41, 5.74) is -0.0292. The minimum absolute atomic E-state index is 0.0292. The molecular formula is C18H17F2NO4. The predicted molar refractivity (Wildman–Crippen MR) is 86.0 cm³/mol. The van der Waals surface area contributed by atoms with Crippen LogP contribution in [0.4, 0.5) is 8.78 Å². The molecule has 0 unspecified atom stereocenters. The van der Waals surface area contributed by atoms with E-state index in [1.54, 1.807) is 30.3 Å². The first kappa shape index (κ1) is 18.4. The number of hydrogen-bond acceptors (Lipinski definition) is 3. The number of amides is 1. The molecule has 0 aliphatic carbocycles. The summed E-state index contributed by atoms with van der Waals surface area (Å²) >= 11 is 0. The number of para-hydroxylation sites is 1. The van der Waals surface area contributed by atoms with Gasteiger partial charge in [-0.15, -0.1) is 0 Å². The fourth-order valence-corrected chi connectivity index (χ4v) is 2.15. The first-order valence-corrected chi connectivity index (χ1v) is 7.57. The molecule has 0 radical (unpaired) electrons. The van der Waals surface area contributed by atoms with Gasteiger partial charge in [0.15, 0.2) is 18.2 Å². The quantitative estimate of drug-likeness (QED) is 0.796. The lowest BCUT2D eigenvalue weighted by atomic mass is 10.2. The van der Waals surface area contributed by atoms with E-state index < -0.39 is 23.5 Å². The summed E-state index contributed by atoms with van der Waals surface area (Å²) in [6.45, 7) is -0.712. The van der Waals surface area contributed by atoms with Crippen LogP contribution in [0.1, 0.15) is 12.0 Å². The molecule has 5 nitrogen and oxygen atoms in total. The molecule has 1 amide bonds. The summed E-state index contributed by atoms with van der Waals surface area (Å²) in [7, 11) is 0. The van der Waals surface area contributed by atoms with Gasteiger partial charge >= 0.3 is 5.97 Å². The Morgan fingerprint density at radius 2 is 1.76 bits per heavy atom. The lowest BCUT2D eigenvalue weighted by Crippen LogP contribution is -2.36. The van der Waals surface area contributed by atoms with E-state index in [1.165, 1.54) is 12.1 Å². The summed E-state index contributed by atoms with van der Waals surface area (Å²) in [5.74, 6) is -3.22. The zero-order valence-corrected chi connectivity index (χ0v) is 13.3. The highest BCUT2D eigenvalue weighted by atomic mass is 19.2. The van der Waals surface area contributed by atoms with Gasteiger partial charge in [0.1, 0.15) is 5.75 Å². The summed E-state index contributed by atoms with van der Waals surface area (Å²) in [6, 6.07) is 12.3. The molecule has 0 aliphatic heterocycles. The Morgan fingerprint density at radius 3 is 2.44 bits per heavy atom. The smallest absolute Gasteiger partial charge is 0.305 e. The molecule has 2 rings (SSSR count). The Kier molecular flexibility index (Phi) is 6.45. The van der Waals surface area contributed by atoms with Crippen LogP contribution in [0.5, 0.6) is 5.75 Å². The standard InChI is InChI=1S/C18H17F2NO4/c19-15-8-4-5-13(18(15)20)11-21(10-9-17(23)24)16(22)12-25-14-6-2-1-3-7-14/h1-8H,9-12H2,(H,23,24). The molecule has 0 saturated heterocycles. The number of ether oxygens (including phenoxy) is 1. The molecule has 2 aromatic carbocycles. The molecule has 2 aromatic rings. The summed E-state index contributed by atoms with van der Waals surface area (Å²) in [4.78, 5) is 24.2. The number of aliphatic carboxylic acids is 1. The van der Waals surface area contributed by atoms with Gasteiger partial charge in [0.25, 0.3) is 5.91 Å². The Balaban J connectivity index is 2.07. The molecule has 0 bridgehead atoms. The van der Waals surface area contributed by atoms with E-state index in [-0.39, 0.29) is 31.7 Å². The largest absolute Gasteiger partial charge is 0.484 e. The third-order valence-electron chi connectivity index (χ3n) is 3.45. The molecule has 0 saturated carbocycles. The number of halogens is 2. The third-order valence-corrected chi connectivity index (χ3v) is 3.45. The number of carboxylic acids is 1. The zero-order chi connectivity index (χ0) is 18.2. The van der Waals surface area contributed by atoms with Crippen LogP contribution in [0.25, 0.3) is 0 Å². The fraction of sp³-hybridized carbons (Fsp3) is 0.222. The fourth-order valence-electron chi connectivity index (χ4n) is 2.15. The molecule has 0 spiro atoms. The van der Waals surface area contributed by atoms with Crippen LogP contribution in [0.15, 0.2) is 48.5 Å². The first-order valence-electron chi connectivity index (χ1n) is 7.57. The van der Waals surface area contributed by atoms with Crippen LogP contribution in [-0.2, 0) is 16.1 Å². The highest BCUT2D eigenvalue weighted by Gasteiger charge is 2.19. The minimum Gasteiger partial charge on any atom is -0.484 e. The maximum atomic E-state index is 13.8. The lowest BCUT2D eigenvalue weighted by Gasteiger charge is -2.22. The topological polar surface area (TPSA) is 66.8 Å². The van der Waals surface area contributed by atoms with E-state index in [0.29, 0.717) is 5.75 Å². The van der Waals surface area contributed by atoms with Crippen LogP contribution >= 0.6 is 0 Å². The van der Waals surface area contributed by atoms with Crippen molar-refractivity contribution >= 4 is 11.9 Å². The van der Waals surface area contributed by atoms with Crippen LogP contribution < -0.4 is 4.74 Å². The SMILES string of the molecule is O=C(O)CCN(Cc1cccc(F)c1F)C(=O)COc1ccccc1. The normalized spacial score (nSPS) is 10.3. The minimum atomic E-state index is -1.10. The second-order valence-electron chi connectivity index (χ2n) is 5.27. The Bertz CT molecular complexity index is 737. The predicted octanol–water partition coefficient (Wildman–Crippen LogP) is 2.85. The molecular weight excluding hydrogens is 332 g/mol. The van der Waals surface area contributed by atoms with Crippen molar-refractivity contribution in [2.75, 3.05) is 13.2 Å². The van der Waals surface area contributed by atoms with Gasteiger partial charge in [-0.25, -0.2) is 8.78 Å². The van der Waals surface area contributed by atoms with Gasteiger partial charge in [0.05, 0.1) is 6.42 Å². The third kappa shape index (κ3) is 5.56. The van der Waals surface area contributed by atoms with Gasteiger partial charge in [0, 0.05) is 18.7 Å².